The van der Waals surface area contributed by atoms with Gasteiger partial charge in [0.05, 0.1) is 7.11 Å². The van der Waals surface area contributed by atoms with Crippen LogP contribution < -0.4 is 11.2 Å². The summed E-state index contributed by atoms with van der Waals surface area (Å²) >= 11 is 0. The molecule has 1 N–H and O–H groups in total. The second-order valence-corrected chi connectivity index (χ2v) is 6.33. The number of carbonyl (C=O) groups excluding carboxylic acids is 2. The predicted octanol–water partition coefficient (Wildman–Crippen LogP) is 0.295. The molecule has 2 heterocycles. The SMILES string of the molecule is CC[C@@]1(CF)O[C@@H](n2ccc(=O)[nH]c2=O)[C@@](C)(OC(=O)C(=O)OC)[C@@H]1C. The van der Waals surface area contributed by atoms with Crippen molar-refractivity contribution >= 4 is 11.9 Å². The minimum absolute atomic E-state index is 0.227. The highest BCUT2D eigenvalue weighted by Crippen LogP contribution is 2.51. The molecule has 0 aromatic carbocycles. The first-order valence-corrected chi connectivity index (χ1v) is 8.01. The third-order valence-corrected chi connectivity index (χ3v) is 5.08. The van der Waals surface area contributed by atoms with Crippen molar-refractivity contribution in [1.29, 1.82) is 0 Å². The van der Waals surface area contributed by atoms with Crippen molar-refractivity contribution in [2.75, 3.05) is 13.8 Å². The van der Waals surface area contributed by atoms with E-state index in [0.717, 1.165) is 23.9 Å². The van der Waals surface area contributed by atoms with Gasteiger partial charge in [0.15, 0.2) is 11.8 Å². The fraction of sp³-hybridized carbons (Fsp3) is 0.625. The largest absolute Gasteiger partial charge is 0.461 e. The normalized spacial score (nSPS) is 30.8. The highest BCUT2D eigenvalue weighted by atomic mass is 19.1. The Hall–Kier alpha value is -2.49. The van der Waals surface area contributed by atoms with Crippen LogP contribution >= 0.6 is 0 Å². The van der Waals surface area contributed by atoms with Crippen molar-refractivity contribution in [3.8, 4) is 0 Å². The minimum atomic E-state index is -1.57. The van der Waals surface area contributed by atoms with E-state index in [0.29, 0.717) is 0 Å². The number of methoxy groups -OCH3 is 1. The van der Waals surface area contributed by atoms with Gasteiger partial charge < -0.3 is 14.2 Å². The number of esters is 2. The maximum absolute atomic E-state index is 13.9. The quantitative estimate of drug-likeness (QED) is 0.596. The molecule has 1 aliphatic heterocycles. The Morgan fingerprint density at radius 1 is 1.38 bits per heavy atom. The average molecular weight is 372 g/mol. The number of nitrogens with zero attached hydrogens (tertiary/aromatic N) is 1. The summed E-state index contributed by atoms with van der Waals surface area (Å²) in [5.41, 5.74) is -4.36. The van der Waals surface area contributed by atoms with Crippen LogP contribution in [0.4, 0.5) is 4.39 Å². The topological polar surface area (TPSA) is 117 Å². The molecule has 1 aromatic heterocycles. The molecule has 4 atom stereocenters. The average Bonchev–Trinajstić information content (AvgIpc) is 2.83. The Bertz CT molecular complexity index is 813. The van der Waals surface area contributed by atoms with Crippen molar-refractivity contribution in [2.45, 2.75) is 44.6 Å². The van der Waals surface area contributed by atoms with Crippen molar-refractivity contribution in [3.05, 3.63) is 33.1 Å². The number of carbonyl (C=O) groups is 2. The van der Waals surface area contributed by atoms with E-state index >= 15 is 0 Å². The van der Waals surface area contributed by atoms with Gasteiger partial charge in [-0.1, -0.05) is 13.8 Å². The van der Waals surface area contributed by atoms with Gasteiger partial charge in [-0.3, -0.25) is 14.3 Å². The van der Waals surface area contributed by atoms with Crippen LogP contribution in [0.5, 0.6) is 0 Å². The lowest BCUT2D eigenvalue weighted by Gasteiger charge is -2.34. The van der Waals surface area contributed by atoms with Gasteiger partial charge in [0.1, 0.15) is 12.3 Å². The minimum Gasteiger partial charge on any atom is -0.461 e. The van der Waals surface area contributed by atoms with Crippen molar-refractivity contribution in [3.63, 3.8) is 0 Å². The number of hydrogen-bond donors (Lipinski definition) is 1. The third kappa shape index (κ3) is 3.05. The van der Waals surface area contributed by atoms with Gasteiger partial charge in [-0.25, -0.2) is 18.8 Å². The van der Waals surface area contributed by atoms with E-state index in [-0.39, 0.29) is 6.42 Å². The molecule has 2 rings (SSSR count). The fourth-order valence-corrected chi connectivity index (χ4v) is 3.22. The molecular weight excluding hydrogens is 351 g/mol. The van der Waals surface area contributed by atoms with Gasteiger partial charge in [0.25, 0.3) is 5.56 Å². The monoisotopic (exact) mass is 372 g/mol. The molecule has 0 aliphatic carbocycles. The number of alkyl halides is 1. The first-order valence-electron chi connectivity index (χ1n) is 8.01. The van der Waals surface area contributed by atoms with Crippen LogP contribution in [0.25, 0.3) is 0 Å². The lowest BCUT2D eigenvalue weighted by molar-refractivity contribution is -0.186. The molecule has 0 amide bonds. The molecule has 1 fully saturated rings. The fourth-order valence-electron chi connectivity index (χ4n) is 3.22. The Kier molecular flexibility index (Phi) is 5.36. The lowest BCUT2D eigenvalue weighted by Crippen LogP contribution is -2.49. The summed E-state index contributed by atoms with van der Waals surface area (Å²) < 4.78 is 30.4. The van der Waals surface area contributed by atoms with E-state index in [1.54, 1.807) is 13.8 Å². The zero-order chi connectivity index (χ0) is 19.7. The molecule has 1 saturated heterocycles. The van der Waals surface area contributed by atoms with E-state index in [4.69, 9.17) is 9.47 Å². The molecular formula is C16H21FN2O7. The van der Waals surface area contributed by atoms with E-state index in [9.17, 15) is 23.6 Å². The summed E-state index contributed by atoms with van der Waals surface area (Å²) in [5, 5.41) is 0. The number of aromatic nitrogens is 2. The number of rotatable bonds is 4. The van der Waals surface area contributed by atoms with Crippen LogP contribution in [0.2, 0.25) is 0 Å². The van der Waals surface area contributed by atoms with E-state index in [2.05, 4.69) is 9.72 Å². The van der Waals surface area contributed by atoms with Crippen LogP contribution in [0.1, 0.15) is 33.4 Å². The Balaban J connectivity index is 2.58. The lowest BCUT2D eigenvalue weighted by atomic mass is 9.78. The zero-order valence-electron chi connectivity index (χ0n) is 14.9. The summed E-state index contributed by atoms with van der Waals surface area (Å²) in [6.07, 6.45) is 0.128. The summed E-state index contributed by atoms with van der Waals surface area (Å²) in [6, 6.07) is 1.08. The predicted molar refractivity (Wildman–Crippen MR) is 86.1 cm³/mol. The number of halogens is 1. The first-order chi connectivity index (χ1) is 12.1. The number of nitrogens with one attached hydrogen (secondary N) is 1. The standard InChI is InChI=1S/C16H21FN2O7/c1-5-16(8-17)9(2)15(3,25-12(22)11(21)24-4)13(26-16)19-7-6-10(20)18-14(19)23/h6-7,9,13H,5,8H2,1-4H3,(H,18,20,23)/t9-,13+,15-,16-/m0/s1. The first kappa shape index (κ1) is 19.8. The molecule has 0 saturated carbocycles. The Labute approximate surface area is 148 Å². The number of aromatic amines is 1. The van der Waals surface area contributed by atoms with Crippen LogP contribution in [-0.4, -0.2) is 46.5 Å². The van der Waals surface area contributed by atoms with Crippen molar-refractivity contribution in [2.24, 2.45) is 5.92 Å². The Morgan fingerprint density at radius 3 is 2.54 bits per heavy atom. The molecule has 9 nitrogen and oxygen atoms in total. The molecule has 10 heteroatoms. The maximum Gasteiger partial charge on any atom is 0.418 e. The summed E-state index contributed by atoms with van der Waals surface area (Å²) in [6.45, 7) is 3.83. The molecule has 1 aromatic rings. The van der Waals surface area contributed by atoms with Crippen molar-refractivity contribution in [1.82, 2.24) is 9.55 Å². The van der Waals surface area contributed by atoms with E-state index in [1.807, 2.05) is 0 Å². The number of ether oxygens (including phenoxy) is 3. The van der Waals surface area contributed by atoms with Gasteiger partial charge in [-0.15, -0.1) is 0 Å². The molecule has 0 unspecified atom stereocenters. The maximum atomic E-state index is 13.9. The second kappa shape index (κ2) is 7.02. The smallest absolute Gasteiger partial charge is 0.418 e. The third-order valence-electron chi connectivity index (χ3n) is 5.08. The van der Waals surface area contributed by atoms with E-state index in [1.165, 1.54) is 6.92 Å². The summed E-state index contributed by atoms with van der Waals surface area (Å²) in [5.74, 6) is -3.25. The van der Waals surface area contributed by atoms with Crippen LogP contribution in [0.3, 0.4) is 0 Å². The van der Waals surface area contributed by atoms with Gasteiger partial charge in [-0.2, -0.15) is 0 Å². The highest BCUT2D eigenvalue weighted by molar-refractivity contribution is 6.29. The molecule has 0 bridgehead atoms. The summed E-state index contributed by atoms with van der Waals surface area (Å²) in [7, 11) is 1.02. The van der Waals surface area contributed by atoms with Gasteiger partial charge in [-0.05, 0) is 13.3 Å². The van der Waals surface area contributed by atoms with E-state index < -0.39 is 53.2 Å². The number of hydrogen-bond acceptors (Lipinski definition) is 7. The van der Waals surface area contributed by atoms with Gasteiger partial charge >= 0.3 is 17.6 Å². The van der Waals surface area contributed by atoms with Gasteiger partial charge in [0.2, 0.25) is 0 Å². The van der Waals surface area contributed by atoms with Crippen molar-refractivity contribution < 1.29 is 28.2 Å². The molecule has 0 spiro atoms. The second-order valence-electron chi connectivity index (χ2n) is 6.33. The molecule has 1 aliphatic rings. The van der Waals surface area contributed by atoms with Gasteiger partial charge in [0, 0.05) is 18.2 Å². The molecule has 26 heavy (non-hydrogen) atoms. The van der Waals surface area contributed by atoms with Crippen LogP contribution in [0, 0.1) is 5.92 Å². The van der Waals surface area contributed by atoms with Crippen LogP contribution in [-0.2, 0) is 23.8 Å². The zero-order valence-corrected chi connectivity index (χ0v) is 14.9. The molecule has 144 valence electrons. The number of H-pyrrole nitrogens is 1. The summed E-state index contributed by atoms with van der Waals surface area (Å²) in [4.78, 5) is 49.0. The highest BCUT2D eigenvalue weighted by Gasteiger charge is 2.62. The van der Waals surface area contributed by atoms with Crippen LogP contribution in [0.15, 0.2) is 21.9 Å². The Morgan fingerprint density at radius 2 is 2.04 bits per heavy atom. The molecule has 0 radical (unpaired) electrons.